The topological polar surface area (TPSA) is 118 Å². The summed E-state index contributed by atoms with van der Waals surface area (Å²) in [7, 11) is 1.78. The fraction of sp³-hybridized carbons (Fsp3) is 0.379. The molecule has 0 radical (unpaired) electrons. The van der Waals surface area contributed by atoms with Crippen LogP contribution in [0.1, 0.15) is 64.7 Å². The van der Waals surface area contributed by atoms with E-state index in [2.05, 4.69) is 29.9 Å². The Morgan fingerprint density at radius 2 is 1.88 bits per heavy atom. The number of aryl methyl sites for hydroxylation is 2. The number of amides is 1. The maximum absolute atomic E-state index is 13.6. The molecule has 0 bridgehead atoms. The van der Waals surface area contributed by atoms with E-state index in [1.54, 1.807) is 30.0 Å². The van der Waals surface area contributed by atoms with Crippen molar-refractivity contribution in [1.29, 1.82) is 0 Å². The van der Waals surface area contributed by atoms with Gasteiger partial charge >= 0.3 is 0 Å². The number of pyridine rings is 1. The third-order valence-electron chi connectivity index (χ3n) is 7.44. The molecule has 0 aliphatic carbocycles. The number of anilines is 2. The number of hydrogen-bond acceptors (Lipinski definition) is 9. The Labute approximate surface area is 248 Å². The highest BCUT2D eigenvalue weighted by molar-refractivity contribution is 7.97. The molecule has 41 heavy (non-hydrogen) atoms. The van der Waals surface area contributed by atoms with E-state index in [9.17, 15) is 9.59 Å². The predicted molar refractivity (Wildman–Crippen MR) is 165 cm³/mol. The first-order valence-electron chi connectivity index (χ1n) is 13.5. The van der Waals surface area contributed by atoms with E-state index in [1.807, 2.05) is 45.3 Å². The second-order valence-electron chi connectivity index (χ2n) is 10.4. The van der Waals surface area contributed by atoms with Crippen molar-refractivity contribution in [3.05, 3.63) is 80.4 Å². The Kier molecular flexibility index (Phi) is 8.46. The minimum absolute atomic E-state index is 0.0955. The van der Waals surface area contributed by atoms with Gasteiger partial charge < -0.3 is 10.2 Å². The van der Waals surface area contributed by atoms with Crippen molar-refractivity contribution >= 4 is 52.0 Å². The van der Waals surface area contributed by atoms with E-state index in [4.69, 9.17) is 16.6 Å². The summed E-state index contributed by atoms with van der Waals surface area (Å²) in [6, 6.07) is 7.00. The van der Waals surface area contributed by atoms with Gasteiger partial charge in [0, 0.05) is 50.3 Å². The summed E-state index contributed by atoms with van der Waals surface area (Å²) in [5.41, 5.74) is 4.99. The zero-order chi connectivity index (χ0) is 29.3. The van der Waals surface area contributed by atoms with Gasteiger partial charge in [-0.15, -0.1) is 0 Å². The highest BCUT2D eigenvalue weighted by Crippen LogP contribution is 2.31. The highest BCUT2D eigenvalue weighted by Gasteiger charge is 2.26. The average Bonchev–Trinajstić information content (AvgIpc) is 2.96. The van der Waals surface area contributed by atoms with Crippen LogP contribution in [0.15, 0.2) is 41.5 Å². The van der Waals surface area contributed by atoms with Crippen molar-refractivity contribution in [3.63, 3.8) is 0 Å². The zero-order valence-corrected chi connectivity index (χ0v) is 25.3. The van der Waals surface area contributed by atoms with Crippen LogP contribution in [-0.4, -0.2) is 49.8 Å². The summed E-state index contributed by atoms with van der Waals surface area (Å²) in [4.78, 5) is 46.8. The Hall–Kier alpha value is -3.70. The fourth-order valence-electron chi connectivity index (χ4n) is 5.32. The van der Waals surface area contributed by atoms with E-state index in [0.717, 1.165) is 48.4 Å². The largest absolute Gasteiger partial charge is 0.377 e. The van der Waals surface area contributed by atoms with Gasteiger partial charge in [0.25, 0.3) is 11.5 Å². The van der Waals surface area contributed by atoms with Gasteiger partial charge in [0.15, 0.2) is 5.69 Å². The van der Waals surface area contributed by atoms with Crippen LogP contribution in [0.3, 0.4) is 0 Å². The van der Waals surface area contributed by atoms with Crippen LogP contribution in [-0.2, 0) is 7.05 Å². The van der Waals surface area contributed by atoms with Gasteiger partial charge in [0.2, 0.25) is 5.95 Å². The standard InChI is InChI=1S/C29H33ClN8O2S/c1-16-12-20(18(3)33-22-6-7-24(30)34-26(22)27(39)36-41-5)25-21(13-16)28(40)37(4)29(35-25)38-10-8-19(9-11-38)23-15-31-17(2)14-32-23/h6-7,12-15,18-19,33H,8-11H2,1-5H3,(H,36,39). The molecular formula is C29H33ClN8O2S. The van der Waals surface area contributed by atoms with Crippen LogP contribution in [0.2, 0.25) is 5.15 Å². The second kappa shape index (κ2) is 12.0. The van der Waals surface area contributed by atoms with Crippen LogP contribution in [0.5, 0.6) is 0 Å². The summed E-state index contributed by atoms with van der Waals surface area (Å²) < 4.78 is 4.34. The molecule has 1 aliphatic heterocycles. The lowest BCUT2D eigenvalue weighted by atomic mass is 9.94. The van der Waals surface area contributed by atoms with Gasteiger partial charge in [-0.2, -0.15) is 0 Å². The van der Waals surface area contributed by atoms with Gasteiger partial charge in [-0.05, 0) is 57.4 Å². The second-order valence-corrected chi connectivity index (χ2v) is 11.4. The van der Waals surface area contributed by atoms with Crippen LogP contribution in [0.25, 0.3) is 10.9 Å². The van der Waals surface area contributed by atoms with Crippen molar-refractivity contribution in [1.82, 2.24) is 29.2 Å². The van der Waals surface area contributed by atoms with Crippen LogP contribution in [0, 0.1) is 13.8 Å². The Morgan fingerprint density at radius 1 is 1.12 bits per heavy atom. The number of carbonyl (C=O) groups is 1. The molecule has 1 unspecified atom stereocenters. The van der Waals surface area contributed by atoms with Gasteiger partial charge in [-0.3, -0.25) is 28.8 Å². The molecule has 1 aliphatic rings. The van der Waals surface area contributed by atoms with Crippen molar-refractivity contribution in [2.75, 3.05) is 29.6 Å². The maximum atomic E-state index is 13.6. The number of aromatic nitrogens is 5. The lowest BCUT2D eigenvalue weighted by Crippen LogP contribution is -2.38. The highest BCUT2D eigenvalue weighted by atomic mass is 35.5. The summed E-state index contributed by atoms with van der Waals surface area (Å²) in [6.07, 6.45) is 7.24. The van der Waals surface area contributed by atoms with E-state index < -0.39 is 0 Å². The molecule has 1 aromatic carbocycles. The third kappa shape index (κ3) is 6.01. The number of nitrogens with zero attached hydrogens (tertiary/aromatic N) is 6. The Balaban J connectivity index is 1.48. The Morgan fingerprint density at radius 3 is 2.56 bits per heavy atom. The van der Waals surface area contributed by atoms with Gasteiger partial charge in [0.1, 0.15) is 5.15 Å². The SMILES string of the molecule is CSNC(=O)c1nc(Cl)ccc1NC(C)c1cc(C)cc2c(=O)n(C)c(N3CCC(c4cnc(C)cn4)CC3)nc12. The van der Waals surface area contributed by atoms with Crippen molar-refractivity contribution in [2.24, 2.45) is 7.05 Å². The molecule has 5 rings (SSSR count). The summed E-state index contributed by atoms with van der Waals surface area (Å²) in [6.45, 7) is 7.39. The minimum Gasteiger partial charge on any atom is -0.377 e. The van der Waals surface area contributed by atoms with Crippen molar-refractivity contribution < 1.29 is 4.79 Å². The van der Waals surface area contributed by atoms with Gasteiger partial charge in [0.05, 0.1) is 34.0 Å². The van der Waals surface area contributed by atoms with Crippen molar-refractivity contribution in [3.8, 4) is 0 Å². The van der Waals surface area contributed by atoms with E-state index in [-0.39, 0.29) is 28.4 Å². The summed E-state index contributed by atoms with van der Waals surface area (Å²) in [5.74, 6) is 0.615. The first kappa shape index (κ1) is 28.8. The van der Waals surface area contributed by atoms with Crippen LogP contribution in [0.4, 0.5) is 11.6 Å². The molecule has 214 valence electrons. The van der Waals surface area contributed by atoms with E-state index in [0.29, 0.717) is 28.5 Å². The van der Waals surface area contributed by atoms with Gasteiger partial charge in [-0.1, -0.05) is 29.6 Å². The molecule has 1 amide bonds. The normalized spacial score (nSPS) is 14.7. The smallest absolute Gasteiger partial charge is 0.281 e. The summed E-state index contributed by atoms with van der Waals surface area (Å²) >= 11 is 7.29. The minimum atomic E-state index is -0.349. The molecule has 3 aromatic heterocycles. The molecule has 0 saturated carbocycles. The number of hydrogen-bond donors (Lipinski definition) is 2. The molecule has 1 atom stereocenters. The lowest BCUT2D eigenvalue weighted by molar-refractivity contribution is 0.0980. The number of fused-ring (bicyclic) bond motifs is 1. The molecule has 4 heterocycles. The quantitative estimate of drug-likeness (QED) is 0.227. The number of benzene rings is 1. The average molecular weight is 593 g/mol. The molecule has 1 saturated heterocycles. The molecule has 10 nitrogen and oxygen atoms in total. The van der Waals surface area contributed by atoms with Gasteiger partial charge in [-0.25, -0.2) is 9.97 Å². The molecule has 0 spiro atoms. The molecule has 1 fully saturated rings. The monoisotopic (exact) mass is 592 g/mol. The molecule has 2 N–H and O–H groups in total. The van der Waals surface area contributed by atoms with E-state index in [1.165, 1.54) is 11.9 Å². The summed E-state index contributed by atoms with van der Waals surface area (Å²) in [5, 5.41) is 4.19. The van der Waals surface area contributed by atoms with Crippen LogP contribution >= 0.6 is 23.5 Å². The number of carbonyl (C=O) groups excluding carboxylic acids is 1. The van der Waals surface area contributed by atoms with E-state index >= 15 is 0 Å². The molecule has 4 aromatic rings. The number of nitrogens with one attached hydrogen (secondary N) is 2. The first-order valence-corrected chi connectivity index (χ1v) is 15.1. The zero-order valence-electron chi connectivity index (χ0n) is 23.7. The number of rotatable bonds is 7. The van der Waals surface area contributed by atoms with Crippen LogP contribution < -0.4 is 20.5 Å². The lowest BCUT2D eigenvalue weighted by Gasteiger charge is -2.33. The first-order chi connectivity index (χ1) is 19.7. The predicted octanol–water partition coefficient (Wildman–Crippen LogP) is 4.95. The molecule has 12 heteroatoms. The third-order valence-corrected chi connectivity index (χ3v) is 8.04. The number of piperidine rings is 1. The number of halogens is 1. The Bertz CT molecular complexity index is 1650. The fourth-order valence-corrected chi connectivity index (χ4v) is 5.75. The molecular weight excluding hydrogens is 560 g/mol. The van der Waals surface area contributed by atoms with Crippen molar-refractivity contribution in [2.45, 2.75) is 45.6 Å². The maximum Gasteiger partial charge on any atom is 0.281 e.